The lowest BCUT2D eigenvalue weighted by atomic mass is 10.2. The number of ether oxygens (including phenoxy) is 2. The molecule has 3 nitrogen and oxygen atoms in total. The number of benzene rings is 1. The average Bonchev–Trinajstić information content (AvgIpc) is 2.25. The van der Waals surface area contributed by atoms with Crippen LogP contribution >= 0.6 is 11.6 Å². The molecule has 0 aliphatic heterocycles. The van der Waals surface area contributed by atoms with Crippen LogP contribution in [0.25, 0.3) is 0 Å². The van der Waals surface area contributed by atoms with Crippen LogP contribution in [0.2, 0.25) is 0 Å². The van der Waals surface area contributed by atoms with Crippen molar-refractivity contribution in [3.63, 3.8) is 0 Å². The summed E-state index contributed by atoms with van der Waals surface area (Å²) in [7, 11) is 1.48. The number of rotatable bonds is 3. The third-order valence-electron chi connectivity index (χ3n) is 1.57. The van der Waals surface area contributed by atoms with Crippen molar-refractivity contribution in [3.8, 4) is 17.8 Å². The molecule has 0 fully saturated rings. The molecule has 78 valence electrons. The van der Waals surface area contributed by atoms with Crippen molar-refractivity contribution in [3.05, 3.63) is 29.8 Å². The SMILES string of the molecule is COC#CCOc1ccc(C(=O)Cl)cc1. The molecular formula is C11H9ClO3. The second-order valence-electron chi connectivity index (χ2n) is 2.57. The van der Waals surface area contributed by atoms with Crippen LogP contribution in [-0.4, -0.2) is 19.0 Å². The highest BCUT2D eigenvalue weighted by molar-refractivity contribution is 6.67. The van der Waals surface area contributed by atoms with Gasteiger partial charge in [-0.3, -0.25) is 4.79 Å². The number of hydrogen-bond acceptors (Lipinski definition) is 3. The smallest absolute Gasteiger partial charge is 0.252 e. The first-order chi connectivity index (χ1) is 7.24. The normalized spacial score (nSPS) is 8.67. The van der Waals surface area contributed by atoms with Gasteiger partial charge < -0.3 is 9.47 Å². The van der Waals surface area contributed by atoms with E-state index in [4.69, 9.17) is 16.3 Å². The summed E-state index contributed by atoms with van der Waals surface area (Å²) in [5.41, 5.74) is 0.437. The summed E-state index contributed by atoms with van der Waals surface area (Å²) < 4.78 is 9.76. The van der Waals surface area contributed by atoms with E-state index < -0.39 is 5.24 Å². The van der Waals surface area contributed by atoms with Crippen LogP contribution in [0, 0.1) is 12.0 Å². The lowest BCUT2D eigenvalue weighted by molar-refractivity contribution is 0.108. The number of carbonyl (C=O) groups is 1. The third-order valence-corrected chi connectivity index (χ3v) is 1.78. The van der Waals surface area contributed by atoms with Crippen LogP contribution in [0.4, 0.5) is 0 Å². The molecule has 0 bridgehead atoms. The summed E-state index contributed by atoms with van der Waals surface area (Å²) in [4.78, 5) is 10.7. The Balaban J connectivity index is 2.53. The van der Waals surface area contributed by atoms with E-state index in [0.717, 1.165) is 0 Å². The Labute approximate surface area is 92.9 Å². The van der Waals surface area contributed by atoms with Crippen LogP contribution in [0.3, 0.4) is 0 Å². The van der Waals surface area contributed by atoms with E-state index in [1.807, 2.05) is 0 Å². The molecule has 0 unspecified atom stereocenters. The van der Waals surface area contributed by atoms with Crippen molar-refractivity contribution >= 4 is 16.8 Å². The summed E-state index contributed by atoms with van der Waals surface area (Å²) in [5, 5.41) is -0.485. The number of halogens is 1. The Hall–Kier alpha value is -1.66. The van der Waals surface area contributed by atoms with Gasteiger partial charge in [-0.15, -0.1) is 0 Å². The van der Waals surface area contributed by atoms with Crippen molar-refractivity contribution in [2.45, 2.75) is 0 Å². The summed E-state index contributed by atoms with van der Waals surface area (Å²) >= 11 is 5.28. The lowest BCUT2D eigenvalue weighted by Crippen LogP contribution is -1.95. The summed E-state index contributed by atoms with van der Waals surface area (Å²) in [6.45, 7) is 0.238. The van der Waals surface area contributed by atoms with Gasteiger partial charge in [-0.05, 0) is 41.8 Å². The molecular weight excluding hydrogens is 216 g/mol. The molecule has 0 amide bonds. The fourth-order valence-electron chi connectivity index (χ4n) is 0.903. The molecule has 15 heavy (non-hydrogen) atoms. The zero-order valence-corrected chi connectivity index (χ0v) is 8.88. The molecule has 0 atom stereocenters. The third kappa shape index (κ3) is 3.92. The summed E-state index contributed by atoms with van der Waals surface area (Å²) in [6, 6.07) is 6.50. The van der Waals surface area contributed by atoms with Crippen molar-refractivity contribution < 1.29 is 14.3 Å². The molecule has 0 heterocycles. The minimum Gasteiger partial charge on any atom is -0.481 e. The number of hydrogen-bond donors (Lipinski definition) is 0. The van der Waals surface area contributed by atoms with Crippen LogP contribution < -0.4 is 4.74 Å². The van der Waals surface area contributed by atoms with Gasteiger partial charge in [-0.1, -0.05) is 0 Å². The Bertz CT molecular complexity index is 387. The van der Waals surface area contributed by atoms with E-state index in [1.54, 1.807) is 24.3 Å². The second kappa shape index (κ2) is 5.94. The van der Waals surface area contributed by atoms with E-state index in [2.05, 4.69) is 16.8 Å². The highest BCUT2D eigenvalue weighted by atomic mass is 35.5. The zero-order valence-electron chi connectivity index (χ0n) is 8.12. The molecule has 0 N–H and O–H groups in total. The van der Waals surface area contributed by atoms with Crippen molar-refractivity contribution in [2.75, 3.05) is 13.7 Å². The highest BCUT2D eigenvalue weighted by Gasteiger charge is 2.00. The minimum absolute atomic E-state index is 0.238. The Morgan fingerprint density at radius 1 is 1.40 bits per heavy atom. The number of carbonyl (C=O) groups excluding carboxylic acids is 1. The van der Waals surface area contributed by atoms with Crippen LogP contribution in [0.5, 0.6) is 5.75 Å². The molecule has 1 rings (SSSR count). The van der Waals surface area contributed by atoms with Gasteiger partial charge in [-0.2, -0.15) is 0 Å². The maximum atomic E-state index is 10.7. The van der Waals surface area contributed by atoms with Crippen molar-refractivity contribution in [1.82, 2.24) is 0 Å². The first-order valence-corrected chi connectivity index (χ1v) is 4.55. The van der Waals surface area contributed by atoms with Crippen LogP contribution in [-0.2, 0) is 4.74 Å². The highest BCUT2D eigenvalue weighted by Crippen LogP contribution is 2.13. The van der Waals surface area contributed by atoms with Gasteiger partial charge in [0.05, 0.1) is 7.11 Å². The summed E-state index contributed by atoms with van der Waals surface area (Å²) in [6.07, 6.45) is 2.40. The van der Waals surface area contributed by atoms with E-state index in [-0.39, 0.29) is 6.61 Å². The van der Waals surface area contributed by atoms with Gasteiger partial charge in [0.25, 0.3) is 5.24 Å². The lowest BCUT2D eigenvalue weighted by Gasteiger charge is -2.01. The van der Waals surface area contributed by atoms with Gasteiger partial charge in [0, 0.05) is 5.56 Å². The maximum absolute atomic E-state index is 10.7. The molecule has 0 radical (unpaired) electrons. The predicted molar refractivity (Wildman–Crippen MR) is 56.9 cm³/mol. The second-order valence-corrected chi connectivity index (χ2v) is 2.91. The Morgan fingerprint density at radius 2 is 2.07 bits per heavy atom. The standard InChI is InChI=1S/C11H9ClO3/c1-14-7-2-8-15-10-5-3-9(4-6-10)11(12)13/h3-6H,8H2,1H3. The molecule has 0 saturated carbocycles. The minimum atomic E-state index is -0.485. The van der Waals surface area contributed by atoms with Gasteiger partial charge in [0.15, 0.2) is 6.61 Å². The fraction of sp³-hybridized carbons (Fsp3) is 0.182. The monoisotopic (exact) mass is 224 g/mol. The Morgan fingerprint density at radius 3 is 2.60 bits per heavy atom. The predicted octanol–water partition coefficient (Wildman–Crippen LogP) is 2.05. The van der Waals surface area contributed by atoms with E-state index in [0.29, 0.717) is 11.3 Å². The van der Waals surface area contributed by atoms with Crippen LogP contribution in [0.15, 0.2) is 24.3 Å². The molecule has 0 aliphatic rings. The molecule has 0 aromatic heterocycles. The Kier molecular flexibility index (Phi) is 4.52. The van der Waals surface area contributed by atoms with Crippen LogP contribution in [0.1, 0.15) is 10.4 Å². The van der Waals surface area contributed by atoms with E-state index >= 15 is 0 Å². The first kappa shape index (κ1) is 11.4. The number of methoxy groups -OCH3 is 1. The molecule has 0 aliphatic carbocycles. The van der Waals surface area contributed by atoms with E-state index in [1.165, 1.54) is 7.11 Å². The van der Waals surface area contributed by atoms with Crippen molar-refractivity contribution in [1.29, 1.82) is 0 Å². The molecule has 4 heteroatoms. The van der Waals surface area contributed by atoms with E-state index in [9.17, 15) is 4.79 Å². The van der Waals surface area contributed by atoms with Gasteiger partial charge >= 0.3 is 0 Å². The fourth-order valence-corrected chi connectivity index (χ4v) is 1.03. The van der Waals surface area contributed by atoms with Gasteiger partial charge in [0.1, 0.15) is 11.9 Å². The molecule has 0 spiro atoms. The largest absolute Gasteiger partial charge is 0.481 e. The summed E-state index contributed by atoms with van der Waals surface area (Å²) in [5.74, 6) is 3.26. The first-order valence-electron chi connectivity index (χ1n) is 4.17. The zero-order chi connectivity index (χ0) is 11.1. The van der Waals surface area contributed by atoms with Crippen molar-refractivity contribution in [2.24, 2.45) is 0 Å². The molecule has 0 saturated heterocycles. The molecule has 1 aromatic carbocycles. The average molecular weight is 225 g/mol. The topological polar surface area (TPSA) is 35.5 Å². The quantitative estimate of drug-likeness (QED) is 0.582. The maximum Gasteiger partial charge on any atom is 0.252 e. The van der Waals surface area contributed by atoms with Gasteiger partial charge in [-0.25, -0.2) is 0 Å². The van der Waals surface area contributed by atoms with Gasteiger partial charge in [0.2, 0.25) is 0 Å². The molecule has 1 aromatic rings.